The quantitative estimate of drug-likeness (QED) is 0.787. The first kappa shape index (κ1) is 13.8. The molecule has 0 aliphatic heterocycles. The third-order valence-electron chi connectivity index (χ3n) is 2.42. The Morgan fingerprint density at radius 3 is 2.68 bits per heavy atom. The van der Waals surface area contributed by atoms with Crippen LogP contribution in [0.1, 0.15) is 10.5 Å². The number of methoxy groups -OCH3 is 1. The number of hydrogen-bond donors (Lipinski definition) is 0. The van der Waals surface area contributed by atoms with Gasteiger partial charge in [-0.25, -0.2) is 14.2 Å². The number of rotatable bonds is 2. The predicted octanol–water partition coefficient (Wildman–Crippen LogP) is 3.98. The van der Waals surface area contributed by atoms with Crippen molar-refractivity contribution in [1.82, 2.24) is 4.98 Å². The lowest BCUT2D eigenvalue weighted by molar-refractivity contribution is 0.0594. The Balaban J connectivity index is 2.61. The molecule has 0 spiro atoms. The molecular formula is C13H8Cl2FNO2. The maximum absolute atomic E-state index is 13.8. The summed E-state index contributed by atoms with van der Waals surface area (Å²) in [4.78, 5) is 15.3. The van der Waals surface area contributed by atoms with Crippen LogP contribution in [-0.2, 0) is 4.74 Å². The normalized spacial score (nSPS) is 10.3. The topological polar surface area (TPSA) is 39.2 Å². The number of nitrogens with zero attached hydrogens (tertiary/aromatic N) is 1. The van der Waals surface area contributed by atoms with E-state index in [2.05, 4.69) is 9.72 Å². The monoisotopic (exact) mass is 299 g/mol. The molecule has 0 bridgehead atoms. The molecular weight excluding hydrogens is 292 g/mol. The van der Waals surface area contributed by atoms with Gasteiger partial charge in [-0.15, -0.1) is 0 Å². The van der Waals surface area contributed by atoms with Gasteiger partial charge in [-0.2, -0.15) is 0 Å². The number of hydrogen-bond acceptors (Lipinski definition) is 3. The van der Waals surface area contributed by atoms with E-state index in [1.807, 2.05) is 0 Å². The third kappa shape index (κ3) is 2.85. The van der Waals surface area contributed by atoms with Crippen LogP contribution < -0.4 is 0 Å². The molecule has 2 aromatic rings. The highest BCUT2D eigenvalue weighted by Gasteiger charge is 2.15. The lowest BCUT2D eigenvalue weighted by Gasteiger charge is -2.07. The van der Waals surface area contributed by atoms with Crippen LogP contribution in [0.25, 0.3) is 11.3 Å². The first-order valence-corrected chi connectivity index (χ1v) is 5.99. The molecule has 0 amide bonds. The molecule has 0 atom stereocenters. The summed E-state index contributed by atoms with van der Waals surface area (Å²) < 4.78 is 18.4. The summed E-state index contributed by atoms with van der Waals surface area (Å²) >= 11 is 11.8. The first-order valence-electron chi connectivity index (χ1n) is 5.23. The number of carbonyl (C=O) groups excluding carboxylic acids is 1. The molecule has 1 aromatic carbocycles. The standard InChI is InChI=1S/C13H8Cl2FNO2/c1-19-13(18)11-5-4-10(16)12(17-11)8-6-7(14)2-3-9(8)15/h2-6H,1H3. The number of esters is 1. The molecule has 1 heterocycles. The van der Waals surface area contributed by atoms with Gasteiger partial charge >= 0.3 is 5.97 Å². The average molecular weight is 300 g/mol. The lowest BCUT2D eigenvalue weighted by atomic mass is 10.1. The second-order valence-corrected chi connectivity index (χ2v) is 4.49. The minimum atomic E-state index is -0.653. The van der Waals surface area contributed by atoms with Gasteiger partial charge in [-0.3, -0.25) is 0 Å². The summed E-state index contributed by atoms with van der Waals surface area (Å²) in [5.74, 6) is -1.25. The summed E-state index contributed by atoms with van der Waals surface area (Å²) in [7, 11) is 1.22. The van der Waals surface area contributed by atoms with Crippen LogP contribution in [0, 0.1) is 5.82 Å². The van der Waals surface area contributed by atoms with Crippen molar-refractivity contribution >= 4 is 29.2 Å². The van der Waals surface area contributed by atoms with Crippen molar-refractivity contribution in [1.29, 1.82) is 0 Å². The predicted molar refractivity (Wildman–Crippen MR) is 71.0 cm³/mol. The van der Waals surface area contributed by atoms with Gasteiger partial charge in [0, 0.05) is 10.6 Å². The van der Waals surface area contributed by atoms with Gasteiger partial charge in [0.1, 0.15) is 17.2 Å². The molecule has 0 N–H and O–H groups in total. The number of pyridine rings is 1. The molecule has 0 aliphatic carbocycles. The zero-order chi connectivity index (χ0) is 14.0. The SMILES string of the molecule is COC(=O)c1ccc(F)c(-c2cc(Cl)ccc2Cl)n1. The molecule has 0 saturated carbocycles. The Bertz CT molecular complexity index is 647. The van der Waals surface area contributed by atoms with E-state index in [-0.39, 0.29) is 16.4 Å². The van der Waals surface area contributed by atoms with Crippen LogP contribution in [-0.4, -0.2) is 18.1 Å². The van der Waals surface area contributed by atoms with Crippen molar-refractivity contribution in [3.8, 4) is 11.3 Å². The van der Waals surface area contributed by atoms with Gasteiger partial charge in [0.25, 0.3) is 0 Å². The maximum atomic E-state index is 13.8. The van der Waals surface area contributed by atoms with E-state index in [4.69, 9.17) is 23.2 Å². The van der Waals surface area contributed by atoms with E-state index in [9.17, 15) is 9.18 Å². The maximum Gasteiger partial charge on any atom is 0.356 e. The number of ether oxygens (including phenoxy) is 1. The fourth-order valence-electron chi connectivity index (χ4n) is 1.53. The van der Waals surface area contributed by atoms with Crippen LogP contribution >= 0.6 is 23.2 Å². The van der Waals surface area contributed by atoms with Gasteiger partial charge in [-0.05, 0) is 30.3 Å². The Kier molecular flexibility index (Phi) is 4.02. The zero-order valence-electron chi connectivity index (χ0n) is 9.78. The van der Waals surface area contributed by atoms with E-state index in [1.54, 1.807) is 6.07 Å². The highest BCUT2D eigenvalue weighted by molar-refractivity contribution is 6.35. The van der Waals surface area contributed by atoms with E-state index in [1.165, 1.54) is 25.3 Å². The summed E-state index contributed by atoms with van der Waals surface area (Å²) in [6, 6.07) is 6.96. The van der Waals surface area contributed by atoms with Gasteiger partial charge in [0.15, 0.2) is 0 Å². The van der Waals surface area contributed by atoms with Crippen LogP contribution in [0.15, 0.2) is 30.3 Å². The highest BCUT2D eigenvalue weighted by atomic mass is 35.5. The van der Waals surface area contributed by atoms with E-state index < -0.39 is 11.8 Å². The molecule has 19 heavy (non-hydrogen) atoms. The number of aromatic nitrogens is 1. The molecule has 0 saturated heterocycles. The first-order chi connectivity index (χ1) is 9.02. The van der Waals surface area contributed by atoms with Crippen molar-refractivity contribution in [2.24, 2.45) is 0 Å². The van der Waals surface area contributed by atoms with E-state index in [0.717, 1.165) is 6.07 Å². The van der Waals surface area contributed by atoms with Crippen molar-refractivity contribution in [2.75, 3.05) is 7.11 Å². The number of carbonyl (C=O) groups is 1. The number of benzene rings is 1. The van der Waals surface area contributed by atoms with Crippen LogP contribution in [0.3, 0.4) is 0 Å². The Morgan fingerprint density at radius 2 is 2.00 bits per heavy atom. The molecule has 0 radical (unpaired) electrons. The molecule has 1 aromatic heterocycles. The number of halogens is 3. The summed E-state index contributed by atoms with van der Waals surface area (Å²) in [6.45, 7) is 0. The molecule has 3 nitrogen and oxygen atoms in total. The Labute approximate surface area is 118 Å². The van der Waals surface area contributed by atoms with Crippen molar-refractivity contribution in [3.05, 3.63) is 51.9 Å². The van der Waals surface area contributed by atoms with E-state index >= 15 is 0 Å². The molecule has 0 unspecified atom stereocenters. The minimum absolute atomic E-state index is 0.00468. The van der Waals surface area contributed by atoms with Crippen molar-refractivity contribution in [2.45, 2.75) is 0 Å². The fraction of sp³-hybridized carbons (Fsp3) is 0.0769. The van der Waals surface area contributed by atoms with Gasteiger partial charge in [0.05, 0.1) is 12.1 Å². The van der Waals surface area contributed by atoms with Crippen molar-refractivity contribution < 1.29 is 13.9 Å². The average Bonchev–Trinajstić information content (AvgIpc) is 2.41. The van der Waals surface area contributed by atoms with Crippen LogP contribution in [0.2, 0.25) is 10.0 Å². The Morgan fingerprint density at radius 1 is 1.26 bits per heavy atom. The smallest absolute Gasteiger partial charge is 0.356 e. The molecule has 0 fully saturated rings. The Hall–Kier alpha value is -1.65. The van der Waals surface area contributed by atoms with Crippen molar-refractivity contribution in [3.63, 3.8) is 0 Å². The van der Waals surface area contributed by atoms with Crippen LogP contribution in [0.4, 0.5) is 4.39 Å². The van der Waals surface area contributed by atoms with Gasteiger partial charge < -0.3 is 4.74 Å². The molecule has 98 valence electrons. The van der Waals surface area contributed by atoms with E-state index in [0.29, 0.717) is 10.6 Å². The summed E-state index contributed by atoms with van der Waals surface area (Å²) in [5, 5.41) is 0.682. The van der Waals surface area contributed by atoms with Gasteiger partial charge in [-0.1, -0.05) is 23.2 Å². The fourth-order valence-corrected chi connectivity index (χ4v) is 1.91. The van der Waals surface area contributed by atoms with Crippen LogP contribution in [0.5, 0.6) is 0 Å². The van der Waals surface area contributed by atoms with Gasteiger partial charge in [0.2, 0.25) is 0 Å². The zero-order valence-corrected chi connectivity index (χ0v) is 11.3. The molecule has 0 aliphatic rings. The lowest BCUT2D eigenvalue weighted by Crippen LogP contribution is -2.06. The largest absolute Gasteiger partial charge is 0.464 e. The molecule has 6 heteroatoms. The minimum Gasteiger partial charge on any atom is -0.464 e. The second kappa shape index (κ2) is 5.55. The second-order valence-electron chi connectivity index (χ2n) is 3.64. The molecule has 2 rings (SSSR count). The summed E-state index contributed by atoms with van der Waals surface area (Å²) in [6.07, 6.45) is 0. The third-order valence-corrected chi connectivity index (χ3v) is 2.99. The summed E-state index contributed by atoms with van der Waals surface area (Å²) in [5.41, 5.74) is 0.266. The highest BCUT2D eigenvalue weighted by Crippen LogP contribution is 2.31.